The molecule has 1 amide bonds. The van der Waals surface area contributed by atoms with Gasteiger partial charge in [-0.1, -0.05) is 24.3 Å². The summed E-state index contributed by atoms with van der Waals surface area (Å²) < 4.78 is 5.12. The van der Waals surface area contributed by atoms with Crippen molar-refractivity contribution in [1.29, 1.82) is 0 Å². The zero-order chi connectivity index (χ0) is 19.5. The number of esters is 1. The molecule has 1 aromatic carbocycles. The molecule has 4 rings (SSSR count). The Labute approximate surface area is 168 Å². The highest BCUT2D eigenvalue weighted by Crippen LogP contribution is 2.33. The molecule has 1 aliphatic heterocycles. The number of rotatable bonds is 7. The van der Waals surface area contributed by atoms with Gasteiger partial charge in [0.2, 0.25) is 5.91 Å². The molecule has 0 radical (unpaired) electrons. The first-order valence-corrected chi connectivity index (χ1v) is 10.5. The van der Waals surface area contributed by atoms with E-state index in [2.05, 4.69) is 11.2 Å². The Balaban J connectivity index is 1.60. The van der Waals surface area contributed by atoms with E-state index in [0.29, 0.717) is 12.3 Å². The lowest BCUT2D eigenvalue weighted by Gasteiger charge is -2.29. The van der Waals surface area contributed by atoms with Crippen LogP contribution in [0.5, 0.6) is 0 Å². The maximum atomic E-state index is 13.5. The van der Waals surface area contributed by atoms with Crippen molar-refractivity contribution in [2.45, 2.75) is 44.8 Å². The van der Waals surface area contributed by atoms with Crippen molar-refractivity contribution in [2.75, 3.05) is 11.6 Å². The van der Waals surface area contributed by atoms with Gasteiger partial charge in [0.15, 0.2) is 0 Å². The number of anilines is 1. The summed E-state index contributed by atoms with van der Waals surface area (Å²) in [6, 6.07) is 13.3. The minimum atomic E-state index is -0.526. The monoisotopic (exact) mass is 397 g/mol. The normalized spacial score (nSPS) is 18.7. The molecule has 1 fully saturated rings. The van der Waals surface area contributed by atoms with Crippen LogP contribution in [-0.2, 0) is 20.9 Å². The fraction of sp³-hybridized carbons (Fsp3) is 0.381. The molecule has 6 nitrogen and oxygen atoms in total. The summed E-state index contributed by atoms with van der Waals surface area (Å²) in [7, 11) is 0. The molecule has 1 aromatic heterocycles. The summed E-state index contributed by atoms with van der Waals surface area (Å²) in [6.07, 6.45) is 2.32. The third-order valence-corrected chi connectivity index (χ3v) is 5.77. The summed E-state index contributed by atoms with van der Waals surface area (Å²) in [5, 5.41) is 8.17. The van der Waals surface area contributed by atoms with Gasteiger partial charge in [-0.25, -0.2) is 4.79 Å². The predicted octanol–water partition coefficient (Wildman–Crippen LogP) is 3.44. The third kappa shape index (κ3) is 3.94. The van der Waals surface area contributed by atoms with Crippen molar-refractivity contribution in [1.82, 2.24) is 4.90 Å². The molecule has 28 heavy (non-hydrogen) atoms. The van der Waals surface area contributed by atoms with Crippen LogP contribution in [-0.4, -0.2) is 41.2 Å². The first-order valence-electron chi connectivity index (χ1n) is 9.59. The first-order chi connectivity index (χ1) is 13.7. The number of hydrogen-bond acceptors (Lipinski definition) is 6. The van der Waals surface area contributed by atoms with Crippen molar-refractivity contribution in [3.63, 3.8) is 0 Å². The van der Waals surface area contributed by atoms with Gasteiger partial charge in [-0.05, 0) is 43.3 Å². The van der Waals surface area contributed by atoms with E-state index >= 15 is 0 Å². The number of hydrogen-bond donors (Lipinski definition) is 0. The van der Waals surface area contributed by atoms with Crippen LogP contribution in [0.4, 0.5) is 5.69 Å². The lowest BCUT2D eigenvalue weighted by molar-refractivity contribution is -0.135. The fourth-order valence-corrected chi connectivity index (χ4v) is 4.10. The van der Waals surface area contributed by atoms with Crippen molar-refractivity contribution in [3.05, 3.63) is 52.7 Å². The lowest BCUT2D eigenvalue weighted by atomic mass is 10.1. The molecular formula is C21H23N3O3S. The van der Waals surface area contributed by atoms with Crippen LogP contribution in [0.1, 0.15) is 31.1 Å². The van der Waals surface area contributed by atoms with Gasteiger partial charge in [0, 0.05) is 17.3 Å². The second-order valence-electron chi connectivity index (χ2n) is 6.94. The summed E-state index contributed by atoms with van der Waals surface area (Å²) in [4.78, 5) is 28.9. The highest BCUT2D eigenvalue weighted by atomic mass is 32.1. The SMILES string of the molecule is CCOC(=O)C1=NN(c2ccccc2)C(C(=O)N(Cc2cccs2)C2CC2)C1. The van der Waals surface area contributed by atoms with Crippen LogP contribution in [0.3, 0.4) is 0 Å². The van der Waals surface area contributed by atoms with Gasteiger partial charge >= 0.3 is 5.97 Å². The van der Waals surface area contributed by atoms with Gasteiger partial charge in [-0.3, -0.25) is 9.80 Å². The van der Waals surface area contributed by atoms with Gasteiger partial charge in [-0.2, -0.15) is 5.10 Å². The summed E-state index contributed by atoms with van der Waals surface area (Å²) in [5.74, 6) is -0.433. The molecular weight excluding hydrogens is 374 g/mol. The molecule has 0 N–H and O–H groups in total. The third-order valence-electron chi connectivity index (χ3n) is 4.90. The Bertz CT molecular complexity index is 862. The van der Waals surface area contributed by atoms with Crippen LogP contribution >= 0.6 is 11.3 Å². The number of benzene rings is 1. The van der Waals surface area contributed by atoms with Crippen molar-refractivity contribution >= 4 is 34.6 Å². The van der Waals surface area contributed by atoms with Crippen molar-refractivity contribution in [3.8, 4) is 0 Å². The lowest BCUT2D eigenvalue weighted by Crippen LogP contribution is -2.46. The van der Waals surface area contributed by atoms with Crippen LogP contribution in [0.25, 0.3) is 0 Å². The standard InChI is InChI=1S/C21H23N3O3S/c1-2-27-21(26)18-13-19(24(22-18)16-7-4-3-5-8-16)20(25)23(15-10-11-15)14-17-9-6-12-28-17/h3-9,12,15,19H,2,10-11,13-14H2,1H3. The minimum absolute atomic E-state index is 0.0165. The highest BCUT2D eigenvalue weighted by Gasteiger charge is 2.42. The van der Waals surface area contributed by atoms with Crippen LogP contribution in [0.2, 0.25) is 0 Å². The average molecular weight is 398 g/mol. The van der Waals surface area contributed by atoms with E-state index in [1.807, 2.05) is 46.7 Å². The molecule has 2 aromatic rings. The number of hydrazone groups is 1. The summed E-state index contributed by atoms with van der Waals surface area (Å²) in [5.41, 5.74) is 1.10. The van der Waals surface area contributed by atoms with Gasteiger partial charge < -0.3 is 9.64 Å². The average Bonchev–Trinajstić information content (AvgIpc) is 3.24. The Kier molecular flexibility index (Phi) is 5.43. The molecule has 0 spiro atoms. The Morgan fingerprint density at radius 1 is 1.21 bits per heavy atom. The molecule has 0 bridgehead atoms. The quantitative estimate of drug-likeness (QED) is 0.672. The maximum Gasteiger partial charge on any atom is 0.354 e. The molecule has 1 atom stereocenters. The topological polar surface area (TPSA) is 62.2 Å². The van der Waals surface area contributed by atoms with Gasteiger partial charge in [0.1, 0.15) is 11.8 Å². The van der Waals surface area contributed by atoms with Gasteiger partial charge in [-0.15, -0.1) is 11.3 Å². The van der Waals surface area contributed by atoms with Crippen LogP contribution in [0, 0.1) is 0 Å². The number of carbonyl (C=O) groups is 2. The second kappa shape index (κ2) is 8.14. The van der Waals surface area contributed by atoms with Crippen molar-refractivity contribution < 1.29 is 14.3 Å². The second-order valence-corrected chi connectivity index (χ2v) is 7.98. The van der Waals surface area contributed by atoms with E-state index in [0.717, 1.165) is 23.4 Å². The molecule has 146 valence electrons. The van der Waals surface area contributed by atoms with E-state index < -0.39 is 12.0 Å². The van der Waals surface area contributed by atoms with E-state index in [1.165, 1.54) is 0 Å². The first kappa shape index (κ1) is 18.7. The molecule has 0 saturated heterocycles. The van der Waals surface area contributed by atoms with Crippen LogP contribution < -0.4 is 5.01 Å². The van der Waals surface area contributed by atoms with Gasteiger partial charge in [0.05, 0.1) is 18.8 Å². The molecule has 2 heterocycles. The zero-order valence-corrected chi connectivity index (χ0v) is 16.6. The Hall–Kier alpha value is -2.67. The maximum absolute atomic E-state index is 13.5. The number of carbonyl (C=O) groups excluding carboxylic acids is 2. The number of ether oxygens (including phenoxy) is 1. The van der Waals surface area contributed by atoms with Crippen molar-refractivity contribution in [2.24, 2.45) is 5.10 Å². The number of nitrogens with zero attached hydrogens (tertiary/aromatic N) is 3. The van der Waals surface area contributed by atoms with Gasteiger partial charge in [0.25, 0.3) is 0 Å². The van der Waals surface area contributed by atoms with E-state index in [9.17, 15) is 9.59 Å². The number of para-hydroxylation sites is 1. The van der Waals surface area contributed by atoms with Crippen LogP contribution in [0.15, 0.2) is 52.9 Å². The molecule has 1 aliphatic carbocycles. The molecule has 1 unspecified atom stereocenters. The number of thiophene rings is 1. The number of amides is 1. The summed E-state index contributed by atoms with van der Waals surface area (Å²) >= 11 is 1.66. The fourth-order valence-electron chi connectivity index (χ4n) is 3.39. The predicted molar refractivity (Wildman–Crippen MR) is 109 cm³/mol. The Morgan fingerprint density at radius 3 is 2.64 bits per heavy atom. The Morgan fingerprint density at radius 2 is 2.00 bits per heavy atom. The molecule has 2 aliphatic rings. The highest BCUT2D eigenvalue weighted by molar-refractivity contribution is 7.09. The molecule has 7 heteroatoms. The smallest absolute Gasteiger partial charge is 0.354 e. The summed E-state index contributed by atoms with van der Waals surface area (Å²) in [6.45, 7) is 2.66. The van der Waals surface area contributed by atoms with E-state index in [1.54, 1.807) is 23.3 Å². The largest absolute Gasteiger partial charge is 0.461 e. The zero-order valence-electron chi connectivity index (χ0n) is 15.8. The molecule has 1 saturated carbocycles. The van der Waals surface area contributed by atoms with E-state index in [-0.39, 0.29) is 25.0 Å². The minimum Gasteiger partial charge on any atom is -0.461 e. The van der Waals surface area contributed by atoms with E-state index in [4.69, 9.17) is 4.74 Å².